The molecule has 0 saturated carbocycles. The van der Waals surface area contributed by atoms with Crippen LogP contribution in [-0.4, -0.2) is 18.0 Å². The van der Waals surface area contributed by atoms with E-state index in [0.717, 1.165) is 23.3 Å². The van der Waals surface area contributed by atoms with E-state index < -0.39 is 0 Å². The number of aryl methyl sites for hydroxylation is 1. The van der Waals surface area contributed by atoms with Crippen LogP contribution < -0.4 is 9.47 Å². The summed E-state index contributed by atoms with van der Waals surface area (Å²) in [5, 5.41) is 11.9. The summed E-state index contributed by atoms with van der Waals surface area (Å²) in [4.78, 5) is 0. The second-order valence-electron chi connectivity index (χ2n) is 5.09. The lowest BCUT2D eigenvalue weighted by atomic mass is 10.1. The van der Waals surface area contributed by atoms with Gasteiger partial charge in [0.2, 0.25) is 0 Å². The second-order valence-corrected chi connectivity index (χ2v) is 5.09. The lowest BCUT2D eigenvalue weighted by Gasteiger charge is -2.12. The Bertz CT molecular complexity index is 623. The maximum absolute atomic E-state index is 8.68. The number of nitrogens with zero attached hydrogens (tertiary/aromatic N) is 1. The van der Waals surface area contributed by atoms with Gasteiger partial charge in [0.15, 0.2) is 11.5 Å². The number of ether oxygens (including phenoxy) is 2. The van der Waals surface area contributed by atoms with Crippen molar-refractivity contribution in [1.82, 2.24) is 0 Å². The highest BCUT2D eigenvalue weighted by molar-refractivity contribution is 5.81. The minimum absolute atomic E-state index is 0.507. The van der Waals surface area contributed by atoms with Crippen molar-refractivity contribution in [2.24, 2.45) is 5.16 Å². The molecule has 0 bridgehead atoms. The van der Waals surface area contributed by atoms with E-state index >= 15 is 0 Å². The Morgan fingerprint density at radius 1 is 1.05 bits per heavy atom. The van der Waals surface area contributed by atoms with Gasteiger partial charge in [-0.15, -0.1) is 0 Å². The molecule has 0 unspecified atom stereocenters. The van der Waals surface area contributed by atoms with E-state index in [4.69, 9.17) is 14.7 Å². The minimum Gasteiger partial charge on any atom is -0.493 e. The average molecular weight is 299 g/mol. The molecule has 0 aliphatic rings. The van der Waals surface area contributed by atoms with E-state index in [1.807, 2.05) is 48.5 Å². The number of oxime groups is 1. The van der Waals surface area contributed by atoms with E-state index in [9.17, 15) is 0 Å². The van der Waals surface area contributed by atoms with Crippen molar-refractivity contribution in [3.8, 4) is 11.5 Å². The molecule has 0 amide bonds. The Balaban J connectivity index is 2.02. The number of rotatable bonds is 7. The normalized spacial score (nSPS) is 11.3. The van der Waals surface area contributed by atoms with Crippen molar-refractivity contribution in [3.63, 3.8) is 0 Å². The van der Waals surface area contributed by atoms with Crippen LogP contribution >= 0.6 is 0 Å². The molecule has 0 spiro atoms. The molecule has 0 aliphatic carbocycles. The zero-order chi connectivity index (χ0) is 15.8. The van der Waals surface area contributed by atoms with Crippen molar-refractivity contribution >= 4 is 5.71 Å². The fourth-order valence-corrected chi connectivity index (χ4v) is 2.10. The van der Waals surface area contributed by atoms with Crippen LogP contribution in [0.2, 0.25) is 0 Å². The molecule has 2 aromatic rings. The summed E-state index contributed by atoms with van der Waals surface area (Å²) in [6.07, 6.45) is 1.51. The van der Waals surface area contributed by atoms with Crippen molar-refractivity contribution < 1.29 is 14.7 Å². The molecule has 116 valence electrons. The van der Waals surface area contributed by atoms with Gasteiger partial charge in [-0.3, -0.25) is 0 Å². The van der Waals surface area contributed by atoms with Gasteiger partial charge >= 0.3 is 0 Å². The van der Waals surface area contributed by atoms with Crippen LogP contribution in [0.4, 0.5) is 0 Å². The first-order valence-corrected chi connectivity index (χ1v) is 7.24. The van der Waals surface area contributed by atoms with Gasteiger partial charge in [0.25, 0.3) is 0 Å². The van der Waals surface area contributed by atoms with Crippen LogP contribution in [0.1, 0.15) is 24.5 Å². The smallest absolute Gasteiger partial charge is 0.161 e. The molecule has 0 aromatic heterocycles. The van der Waals surface area contributed by atoms with E-state index in [1.165, 1.54) is 0 Å². The summed E-state index contributed by atoms with van der Waals surface area (Å²) in [6.45, 7) is 2.31. The molecular formula is C18H21NO3. The summed E-state index contributed by atoms with van der Waals surface area (Å²) in [5.41, 5.74) is 2.94. The summed E-state index contributed by atoms with van der Waals surface area (Å²) >= 11 is 0. The Hall–Kier alpha value is -2.49. The predicted octanol–water partition coefficient (Wildman–Crippen LogP) is 4.06. The van der Waals surface area contributed by atoms with Gasteiger partial charge in [0.1, 0.15) is 6.61 Å². The Morgan fingerprint density at radius 2 is 1.82 bits per heavy atom. The lowest BCUT2D eigenvalue weighted by molar-refractivity contribution is 0.284. The standard InChI is InChI=1S/C18H21NO3/c1-14(19-20)8-9-15-10-11-17(18(12-15)21-2)22-13-16-6-4-3-5-7-16/h3-7,10-12,20H,8-9,13H2,1-2H3/b19-14+. The van der Waals surface area contributed by atoms with Gasteiger partial charge < -0.3 is 14.7 Å². The van der Waals surface area contributed by atoms with Gasteiger partial charge in [0.05, 0.1) is 12.8 Å². The molecule has 4 heteroatoms. The predicted molar refractivity (Wildman–Crippen MR) is 87.0 cm³/mol. The first-order valence-electron chi connectivity index (χ1n) is 7.24. The maximum Gasteiger partial charge on any atom is 0.161 e. The molecule has 4 nitrogen and oxygen atoms in total. The highest BCUT2D eigenvalue weighted by Gasteiger charge is 2.07. The van der Waals surface area contributed by atoms with E-state index in [-0.39, 0.29) is 0 Å². The monoisotopic (exact) mass is 299 g/mol. The molecule has 22 heavy (non-hydrogen) atoms. The lowest BCUT2D eigenvalue weighted by Crippen LogP contribution is -1.99. The highest BCUT2D eigenvalue weighted by atomic mass is 16.5. The zero-order valence-corrected chi connectivity index (χ0v) is 13.0. The first kappa shape index (κ1) is 15.9. The fraction of sp³-hybridized carbons (Fsp3) is 0.278. The Labute approximate surface area is 131 Å². The molecule has 0 radical (unpaired) electrons. The van der Waals surface area contributed by atoms with Gasteiger partial charge in [-0.05, 0) is 43.0 Å². The summed E-state index contributed by atoms with van der Waals surface area (Å²) in [7, 11) is 1.63. The van der Waals surface area contributed by atoms with Crippen LogP contribution in [0.15, 0.2) is 53.7 Å². The zero-order valence-electron chi connectivity index (χ0n) is 13.0. The largest absolute Gasteiger partial charge is 0.493 e. The number of methoxy groups -OCH3 is 1. The van der Waals surface area contributed by atoms with Gasteiger partial charge in [-0.1, -0.05) is 41.6 Å². The first-order chi connectivity index (χ1) is 10.7. The molecular weight excluding hydrogens is 278 g/mol. The molecule has 2 rings (SSSR count). The number of benzene rings is 2. The van der Waals surface area contributed by atoms with Crippen LogP contribution in [-0.2, 0) is 13.0 Å². The van der Waals surface area contributed by atoms with Crippen LogP contribution in [0.25, 0.3) is 0 Å². The second kappa shape index (κ2) is 8.08. The minimum atomic E-state index is 0.507. The van der Waals surface area contributed by atoms with Crippen LogP contribution in [0.5, 0.6) is 11.5 Å². The summed E-state index contributed by atoms with van der Waals surface area (Å²) < 4.78 is 11.2. The third kappa shape index (κ3) is 4.52. The van der Waals surface area contributed by atoms with Crippen molar-refractivity contribution in [2.45, 2.75) is 26.4 Å². The number of hydrogen-bond acceptors (Lipinski definition) is 4. The average Bonchev–Trinajstić information content (AvgIpc) is 2.58. The van der Waals surface area contributed by atoms with E-state index in [0.29, 0.717) is 24.5 Å². The van der Waals surface area contributed by atoms with Gasteiger partial charge in [-0.2, -0.15) is 0 Å². The SMILES string of the molecule is COc1cc(CC/C(C)=N/O)ccc1OCc1ccccc1. The van der Waals surface area contributed by atoms with Crippen LogP contribution in [0, 0.1) is 0 Å². The van der Waals surface area contributed by atoms with Crippen LogP contribution in [0.3, 0.4) is 0 Å². The summed E-state index contributed by atoms with van der Waals surface area (Å²) in [5.74, 6) is 1.44. The third-order valence-electron chi connectivity index (χ3n) is 3.41. The Morgan fingerprint density at radius 3 is 2.50 bits per heavy atom. The fourth-order valence-electron chi connectivity index (χ4n) is 2.10. The molecule has 0 fully saturated rings. The molecule has 0 aliphatic heterocycles. The summed E-state index contributed by atoms with van der Waals surface area (Å²) in [6, 6.07) is 15.9. The number of hydrogen-bond donors (Lipinski definition) is 1. The van der Waals surface area contributed by atoms with Crippen molar-refractivity contribution in [1.29, 1.82) is 0 Å². The quantitative estimate of drug-likeness (QED) is 0.476. The van der Waals surface area contributed by atoms with Gasteiger partial charge in [0, 0.05) is 0 Å². The van der Waals surface area contributed by atoms with Crippen molar-refractivity contribution in [3.05, 3.63) is 59.7 Å². The third-order valence-corrected chi connectivity index (χ3v) is 3.41. The maximum atomic E-state index is 8.68. The van der Waals surface area contributed by atoms with E-state index in [1.54, 1.807) is 14.0 Å². The molecule has 0 saturated heterocycles. The van der Waals surface area contributed by atoms with Gasteiger partial charge in [-0.25, -0.2) is 0 Å². The highest BCUT2D eigenvalue weighted by Crippen LogP contribution is 2.29. The van der Waals surface area contributed by atoms with Crippen molar-refractivity contribution in [2.75, 3.05) is 7.11 Å². The topological polar surface area (TPSA) is 51.0 Å². The molecule has 2 aromatic carbocycles. The molecule has 0 heterocycles. The molecule has 0 atom stereocenters. The van der Waals surface area contributed by atoms with E-state index in [2.05, 4.69) is 5.16 Å². The Kier molecular flexibility index (Phi) is 5.83. The molecule has 1 N–H and O–H groups in total.